The Morgan fingerprint density at radius 1 is 1.22 bits per heavy atom. The highest BCUT2D eigenvalue weighted by Crippen LogP contribution is 2.11. The molecule has 0 spiro atoms. The van der Waals surface area contributed by atoms with Gasteiger partial charge in [-0.1, -0.05) is 13.8 Å². The van der Waals surface area contributed by atoms with Crippen LogP contribution in [0.25, 0.3) is 0 Å². The van der Waals surface area contributed by atoms with Crippen LogP contribution >= 0.6 is 0 Å². The molecule has 0 aromatic rings. The van der Waals surface area contributed by atoms with E-state index in [-0.39, 0.29) is 5.60 Å². The summed E-state index contributed by atoms with van der Waals surface area (Å²) in [6, 6.07) is 0. The third-order valence-corrected chi connectivity index (χ3v) is 0.694. The Labute approximate surface area is 58.4 Å². The molecule has 0 bridgehead atoms. The van der Waals surface area contributed by atoms with Crippen molar-refractivity contribution >= 4 is 0 Å². The predicted octanol–water partition coefficient (Wildman–Crippen LogP) is 2.62. The smallest absolute Gasteiger partial charge is 0.0869 e. The Morgan fingerprint density at radius 2 is 1.67 bits per heavy atom. The van der Waals surface area contributed by atoms with E-state index in [1.54, 1.807) is 0 Å². The summed E-state index contributed by atoms with van der Waals surface area (Å²) in [7, 11) is 0. The summed E-state index contributed by atoms with van der Waals surface area (Å²) in [5.41, 5.74) is -0.0235. The van der Waals surface area contributed by atoms with Crippen molar-refractivity contribution in [3.8, 4) is 0 Å². The summed E-state index contributed by atoms with van der Waals surface area (Å²) in [5.74, 6) is 0.518. The molecule has 9 heavy (non-hydrogen) atoms. The van der Waals surface area contributed by atoms with Crippen LogP contribution in [0.2, 0.25) is 0 Å². The van der Waals surface area contributed by atoms with Gasteiger partial charge in [-0.2, -0.15) is 0 Å². The van der Waals surface area contributed by atoms with Crippen molar-refractivity contribution in [2.24, 2.45) is 5.92 Å². The highest BCUT2D eigenvalue weighted by atomic mass is 16.5. The van der Waals surface area contributed by atoms with Crippen LogP contribution in [0.4, 0.5) is 0 Å². The Kier molecular flexibility index (Phi) is 3.20. The topological polar surface area (TPSA) is 9.23 Å². The quantitative estimate of drug-likeness (QED) is 0.557. The molecule has 0 aliphatic heterocycles. The molecule has 1 nitrogen and oxygen atoms in total. The van der Waals surface area contributed by atoms with Crippen LogP contribution in [-0.2, 0) is 4.74 Å². The Bertz CT molecular complexity index is 69.1. The van der Waals surface area contributed by atoms with Crippen LogP contribution in [0.15, 0.2) is 0 Å². The second kappa shape index (κ2) is 3.21. The molecular weight excluding hydrogens is 112 g/mol. The van der Waals surface area contributed by atoms with E-state index in [0.717, 1.165) is 0 Å². The van der Waals surface area contributed by atoms with E-state index in [1.165, 1.54) is 0 Å². The summed E-state index contributed by atoms with van der Waals surface area (Å²) in [6.07, 6.45) is 0. The zero-order valence-electron chi connectivity index (χ0n) is 7.06. The lowest BCUT2D eigenvalue weighted by Crippen LogP contribution is -2.18. The number of ether oxygens (including phenoxy) is 1. The summed E-state index contributed by atoms with van der Waals surface area (Å²) in [6.45, 7) is 12.2. The van der Waals surface area contributed by atoms with Gasteiger partial charge >= 0.3 is 0 Å². The third-order valence-electron chi connectivity index (χ3n) is 0.694. The van der Waals surface area contributed by atoms with Gasteiger partial charge in [-0.05, 0) is 26.7 Å². The standard InChI is InChI=1S/C8H17O/c1-7(2)6-9-8(3,4)5/h6-7H,1-5H3. The molecule has 0 N–H and O–H groups in total. The van der Waals surface area contributed by atoms with Gasteiger partial charge in [-0.15, -0.1) is 0 Å². The van der Waals surface area contributed by atoms with Crippen molar-refractivity contribution in [2.45, 2.75) is 40.2 Å². The minimum absolute atomic E-state index is 0.0235. The third kappa shape index (κ3) is 7.96. The molecule has 0 saturated carbocycles. The van der Waals surface area contributed by atoms with Crippen molar-refractivity contribution in [2.75, 3.05) is 0 Å². The summed E-state index contributed by atoms with van der Waals surface area (Å²) in [4.78, 5) is 0. The van der Waals surface area contributed by atoms with E-state index in [9.17, 15) is 0 Å². The van der Waals surface area contributed by atoms with Crippen molar-refractivity contribution in [3.63, 3.8) is 0 Å². The fourth-order valence-corrected chi connectivity index (χ4v) is 0.340. The summed E-state index contributed by atoms with van der Waals surface area (Å²) >= 11 is 0. The monoisotopic (exact) mass is 129 g/mol. The van der Waals surface area contributed by atoms with Crippen LogP contribution in [0.5, 0.6) is 0 Å². The maximum atomic E-state index is 5.37. The normalized spacial score (nSPS) is 12.7. The molecule has 0 aromatic heterocycles. The van der Waals surface area contributed by atoms with Crippen molar-refractivity contribution in [1.29, 1.82) is 0 Å². The van der Waals surface area contributed by atoms with Gasteiger partial charge in [0.2, 0.25) is 0 Å². The highest BCUT2D eigenvalue weighted by Gasteiger charge is 2.10. The predicted molar refractivity (Wildman–Crippen MR) is 40.0 cm³/mol. The van der Waals surface area contributed by atoms with Crippen molar-refractivity contribution in [1.82, 2.24) is 0 Å². The average Bonchev–Trinajstić information content (AvgIpc) is 1.59. The van der Waals surface area contributed by atoms with Crippen LogP contribution in [0.1, 0.15) is 34.6 Å². The fourth-order valence-electron chi connectivity index (χ4n) is 0.340. The summed E-state index contributed by atoms with van der Waals surface area (Å²) < 4.78 is 5.37. The Balaban J connectivity index is 3.28. The molecule has 0 heterocycles. The number of rotatable bonds is 2. The molecule has 0 aliphatic rings. The first-order valence-corrected chi connectivity index (χ1v) is 3.43. The molecule has 0 atom stereocenters. The molecular formula is C8H17O. The number of hydrogen-bond donors (Lipinski definition) is 0. The molecule has 1 radical (unpaired) electrons. The van der Waals surface area contributed by atoms with Gasteiger partial charge in [-0.3, -0.25) is 0 Å². The first-order valence-electron chi connectivity index (χ1n) is 3.43. The highest BCUT2D eigenvalue weighted by molar-refractivity contribution is 4.65. The molecule has 0 rings (SSSR count). The molecule has 0 aliphatic carbocycles. The maximum absolute atomic E-state index is 5.37. The molecule has 1 heteroatoms. The van der Waals surface area contributed by atoms with E-state index in [2.05, 4.69) is 13.8 Å². The molecule has 0 amide bonds. The molecule has 0 aromatic carbocycles. The van der Waals surface area contributed by atoms with Gasteiger partial charge in [0, 0.05) is 0 Å². The van der Waals surface area contributed by atoms with Gasteiger partial charge in [0.15, 0.2) is 0 Å². The molecule has 0 unspecified atom stereocenters. The zero-order chi connectivity index (χ0) is 7.49. The average molecular weight is 129 g/mol. The van der Waals surface area contributed by atoms with E-state index >= 15 is 0 Å². The lowest BCUT2D eigenvalue weighted by atomic mass is 10.2. The minimum atomic E-state index is -0.0235. The maximum Gasteiger partial charge on any atom is 0.0869 e. The molecule has 0 fully saturated rings. The lowest BCUT2D eigenvalue weighted by molar-refractivity contribution is 0.0292. The van der Waals surface area contributed by atoms with Gasteiger partial charge in [0.05, 0.1) is 12.2 Å². The van der Waals surface area contributed by atoms with Gasteiger partial charge < -0.3 is 4.74 Å². The Morgan fingerprint density at radius 3 is 1.78 bits per heavy atom. The SMILES string of the molecule is CC(C)[CH]OC(C)(C)C. The second-order valence-corrected chi connectivity index (χ2v) is 3.61. The van der Waals surface area contributed by atoms with E-state index in [1.807, 2.05) is 27.4 Å². The second-order valence-electron chi connectivity index (χ2n) is 3.61. The van der Waals surface area contributed by atoms with Gasteiger partial charge in [0.1, 0.15) is 0 Å². The van der Waals surface area contributed by atoms with E-state index < -0.39 is 0 Å². The van der Waals surface area contributed by atoms with Crippen molar-refractivity contribution in [3.05, 3.63) is 6.61 Å². The van der Waals surface area contributed by atoms with Crippen LogP contribution in [0, 0.1) is 12.5 Å². The first-order chi connectivity index (χ1) is 3.92. The first kappa shape index (κ1) is 8.96. The van der Waals surface area contributed by atoms with Crippen molar-refractivity contribution < 1.29 is 4.74 Å². The molecule has 0 saturated heterocycles. The van der Waals surface area contributed by atoms with Gasteiger partial charge in [0.25, 0.3) is 0 Å². The number of hydrogen-bond acceptors (Lipinski definition) is 1. The van der Waals surface area contributed by atoms with Gasteiger partial charge in [-0.25, -0.2) is 0 Å². The Hall–Kier alpha value is -0.0400. The van der Waals surface area contributed by atoms with Crippen LogP contribution in [0.3, 0.4) is 0 Å². The van der Waals surface area contributed by atoms with E-state index in [0.29, 0.717) is 5.92 Å². The van der Waals surface area contributed by atoms with Crippen LogP contribution in [-0.4, -0.2) is 5.60 Å². The summed E-state index contributed by atoms with van der Waals surface area (Å²) in [5, 5.41) is 0. The largest absolute Gasteiger partial charge is 0.370 e. The van der Waals surface area contributed by atoms with E-state index in [4.69, 9.17) is 4.74 Å². The van der Waals surface area contributed by atoms with Crippen LogP contribution < -0.4 is 0 Å². The fraction of sp³-hybridized carbons (Fsp3) is 0.875. The molecule has 55 valence electrons. The lowest BCUT2D eigenvalue weighted by Gasteiger charge is -2.20. The minimum Gasteiger partial charge on any atom is -0.370 e. The zero-order valence-corrected chi connectivity index (χ0v) is 7.06.